The van der Waals surface area contributed by atoms with Crippen molar-refractivity contribution in [2.24, 2.45) is 5.10 Å². The minimum atomic E-state index is -3.93. The van der Waals surface area contributed by atoms with E-state index >= 15 is 0 Å². The number of hydrazone groups is 1. The highest BCUT2D eigenvalue weighted by Crippen LogP contribution is 2.37. The molecule has 1 fully saturated rings. The number of fused-ring (bicyclic) bond motifs is 1. The first-order valence-electron chi connectivity index (χ1n) is 9.10. The van der Waals surface area contributed by atoms with E-state index in [-0.39, 0.29) is 10.6 Å². The van der Waals surface area contributed by atoms with Crippen molar-refractivity contribution in [1.82, 2.24) is 19.3 Å². The number of rotatable bonds is 8. The SMILES string of the molecule is COCCn1c(=O)n(C2NN=C(C)S2)c2cc(S(=O)(=O)NC3(CF)CC3)ccc21. The summed E-state index contributed by atoms with van der Waals surface area (Å²) in [5.74, 6) is 0. The number of alkyl halides is 1. The standard InChI is InChI=1S/C17H22FN5O4S2/c1-11-19-20-15(28-11)23-14-9-12(29(25,26)21-17(10-18)5-6-17)3-4-13(14)22(16(23)24)7-8-27-2/h3-4,9,15,20-21H,5-8,10H2,1-2H3. The maximum atomic E-state index is 13.2. The highest BCUT2D eigenvalue weighted by atomic mass is 32.2. The molecule has 1 unspecified atom stereocenters. The number of nitrogens with zero attached hydrogens (tertiary/aromatic N) is 3. The Morgan fingerprint density at radius 3 is 2.76 bits per heavy atom. The summed E-state index contributed by atoms with van der Waals surface area (Å²) in [6, 6.07) is 4.48. The zero-order valence-corrected chi connectivity index (χ0v) is 17.6. The zero-order chi connectivity index (χ0) is 20.8. The Morgan fingerprint density at radius 1 is 1.41 bits per heavy atom. The first-order chi connectivity index (χ1) is 13.8. The number of methoxy groups -OCH3 is 1. The summed E-state index contributed by atoms with van der Waals surface area (Å²) < 4.78 is 49.4. The van der Waals surface area contributed by atoms with Crippen molar-refractivity contribution in [2.75, 3.05) is 20.4 Å². The van der Waals surface area contributed by atoms with Crippen molar-refractivity contribution >= 4 is 37.9 Å². The van der Waals surface area contributed by atoms with Crippen molar-refractivity contribution in [3.05, 3.63) is 28.7 Å². The molecule has 0 saturated heterocycles. The number of hydrogen-bond acceptors (Lipinski definition) is 7. The second-order valence-electron chi connectivity index (χ2n) is 7.20. The lowest BCUT2D eigenvalue weighted by Gasteiger charge is -2.15. The van der Waals surface area contributed by atoms with Gasteiger partial charge in [-0.15, -0.1) is 0 Å². The largest absolute Gasteiger partial charge is 0.383 e. The van der Waals surface area contributed by atoms with Gasteiger partial charge >= 0.3 is 5.69 Å². The maximum absolute atomic E-state index is 13.2. The van der Waals surface area contributed by atoms with Gasteiger partial charge in [-0.25, -0.2) is 22.3 Å². The number of ether oxygens (including phenoxy) is 1. The van der Waals surface area contributed by atoms with Crippen LogP contribution in [0.1, 0.15) is 25.3 Å². The zero-order valence-electron chi connectivity index (χ0n) is 16.0. The number of nitrogens with one attached hydrogen (secondary N) is 2. The first kappa shape index (κ1) is 20.4. The third kappa shape index (κ3) is 3.69. The molecule has 1 atom stereocenters. The molecule has 1 saturated carbocycles. The van der Waals surface area contributed by atoms with Crippen LogP contribution in [0.2, 0.25) is 0 Å². The van der Waals surface area contributed by atoms with Gasteiger partial charge in [0, 0.05) is 7.11 Å². The molecule has 1 aliphatic heterocycles. The van der Waals surface area contributed by atoms with Gasteiger partial charge in [0.25, 0.3) is 0 Å². The molecular formula is C17H22FN5O4S2. The monoisotopic (exact) mass is 443 g/mol. The molecule has 1 aromatic carbocycles. The van der Waals surface area contributed by atoms with Crippen molar-refractivity contribution in [1.29, 1.82) is 0 Å². The lowest BCUT2D eigenvalue weighted by atomic mass is 10.3. The van der Waals surface area contributed by atoms with Crippen LogP contribution in [-0.2, 0) is 21.3 Å². The van der Waals surface area contributed by atoms with E-state index < -0.39 is 27.7 Å². The van der Waals surface area contributed by atoms with E-state index in [1.54, 1.807) is 17.7 Å². The molecule has 0 radical (unpaired) electrons. The number of halogens is 1. The Bertz CT molecular complexity index is 1140. The Balaban J connectivity index is 1.81. The van der Waals surface area contributed by atoms with Crippen molar-refractivity contribution in [3.8, 4) is 0 Å². The molecule has 2 N–H and O–H groups in total. The quantitative estimate of drug-likeness (QED) is 0.638. The van der Waals surface area contributed by atoms with Gasteiger partial charge in [0.15, 0.2) is 5.50 Å². The number of sulfonamides is 1. The average Bonchev–Trinajstić information content (AvgIpc) is 3.23. The van der Waals surface area contributed by atoms with Gasteiger partial charge in [0.1, 0.15) is 6.67 Å². The molecule has 29 heavy (non-hydrogen) atoms. The van der Waals surface area contributed by atoms with Gasteiger partial charge in [-0.05, 0) is 38.0 Å². The molecule has 0 spiro atoms. The van der Waals surface area contributed by atoms with Gasteiger partial charge < -0.3 is 4.74 Å². The maximum Gasteiger partial charge on any atom is 0.331 e. The van der Waals surface area contributed by atoms with Crippen LogP contribution in [0.5, 0.6) is 0 Å². The van der Waals surface area contributed by atoms with E-state index in [2.05, 4.69) is 15.2 Å². The molecular weight excluding hydrogens is 421 g/mol. The highest BCUT2D eigenvalue weighted by Gasteiger charge is 2.46. The number of aromatic nitrogens is 2. The van der Waals surface area contributed by atoms with E-state index in [4.69, 9.17) is 4.74 Å². The molecule has 9 nitrogen and oxygen atoms in total. The fraction of sp³-hybridized carbons (Fsp3) is 0.529. The number of thioether (sulfide) groups is 1. The van der Waals surface area contributed by atoms with Crippen molar-refractivity contribution < 1.29 is 17.5 Å². The topological polar surface area (TPSA) is 107 Å². The average molecular weight is 444 g/mol. The van der Waals surface area contributed by atoms with Crippen LogP contribution in [0, 0.1) is 0 Å². The second kappa shape index (κ2) is 7.42. The first-order valence-corrected chi connectivity index (χ1v) is 11.5. The Labute approximate surface area is 171 Å². The second-order valence-corrected chi connectivity index (χ2v) is 10.2. The van der Waals surface area contributed by atoms with E-state index in [0.29, 0.717) is 37.0 Å². The summed E-state index contributed by atoms with van der Waals surface area (Å²) in [5.41, 5.74) is 2.16. The predicted molar refractivity (Wildman–Crippen MR) is 109 cm³/mol. The molecule has 12 heteroatoms. The molecule has 1 aromatic heterocycles. The smallest absolute Gasteiger partial charge is 0.331 e. The molecule has 2 aromatic rings. The van der Waals surface area contributed by atoms with Crippen LogP contribution < -0.4 is 15.8 Å². The predicted octanol–water partition coefficient (Wildman–Crippen LogP) is 1.36. The minimum absolute atomic E-state index is 0.0111. The lowest BCUT2D eigenvalue weighted by Crippen LogP contribution is -2.38. The summed E-state index contributed by atoms with van der Waals surface area (Å²) in [6.45, 7) is 1.73. The van der Waals surface area contributed by atoms with Crippen LogP contribution in [0.15, 0.2) is 33.0 Å². The van der Waals surface area contributed by atoms with Gasteiger partial charge in [-0.3, -0.25) is 14.6 Å². The summed E-state index contributed by atoms with van der Waals surface area (Å²) in [6.07, 6.45) is 0.949. The third-order valence-corrected chi connectivity index (χ3v) is 7.62. The number of imidazole rings is 1. The van der Waals surface area contributed by atoms with Gasteiger partial charge in [0.05, 0.1) is 39.7 Å². The Morgan fingerprint density at radius 2 is 2.17 bits per heavy atom. The highest BCUT2D eigenvalue weighted by molar-refractivity contribution is 8.14. The minimum Gasteiger partial charge on any atom is -0.383 e. The fourth-order valence-electron chi connectivity index (χ4n) is 3.28. The molecule has 2 aliphatic rings. The van der Waals surface area contributed by atoms with Crippen LogP contribution in [0.25, 0.3) is 11.0 Å². The normalized spacial score (nSPS) is 20.7. The molecule has 2 heterocycles. The van der Waals surface area contributed by atoms with Crippen molar-refractivity contribution in [2.45, 2.75) is 42.2 Å². The number of benzene rings is 1. The van der Waals surface area contributed by atoms with Crippen LogP contribution >= 0.6 is 11.8 Å². The third-order valence-electron chi connectivity index (χ3n) is 5.07. The van der Waals surface area contributed by atoms with Gasteiger partial charge in [-0.1, -0.05) is 11.8 Å². The molecule has 0 bridgehead atoms. The van der Waals surface area contributed by atoms with Crippen LogP contribution in [-0.4, -0.2) is 48.5 Å². The van der Waals surface area contributed by atoms with E-state index in [9.17, 15) is 17.6 Å². The Kier molecular flexibility index (Phi) is 5.21. The summed E-state index contributed by atoms with van der Waals surface area (Å²) in [7, 11) is -2.38. The Hall–Kier alpha value is -1.89. The van der Waals surface area contributed by atoms with Crippen LogP contribution in [0.3, 0.4) is 0 Å². The fourth-order valence-corrected chi connectivity index (χ4v) is 5.59. The van der Waals surface area contributed by atoms with E-state index in [0.717, 1.165) is 5.04 Å². The van der Waals surface area contributed by atoms with E-state index in [1.165, 1.54) is 28.5 Å². The molecule has 0 amide bonds. The summed E-state index contributed by atoms with van der Waals surface area (Å²) in [5, 5.41) is 4.88. The van der Waals surface area contributed by atoms with E-state index in [1.807, 2.05) is 6.92 Å². The van der Waals surface area contributed by atoms with Gasteiger partial charge in [0.2, 0.25) is 10.0 Å². The molecule has 158 valence electrons. The molecule has 4 rings (SSSR count). The summed E-state index contributed by atoms with van der Waals surface area (Å²) >= 11 is 1.36. The number of hydrogen-bond donors (Lipinski definition) is 2. The van der Waals surface area contributed by atoms with Crippen molar-refractivity contribution in [3.63, 3.8) is 0 Å². The van der Waals surface area contributed by atoms with Gasteiger partial charge in [-0.2, -0.15) is 5.10 Å². The van der Waals surface area contributed by atoms with Crippen LogP contribution in [0.4, 0.5) is 4.39 Å². The molecule has 1 aliphatic carbocycles. The lowest BCUT2D eigenvalue weighted by molar-refractivity contribution is 0.187. The summed E-state index contributed by atoms with van der Waals surface area (Å²) in [4.78, 5) is 13.1.